The van der Waals surface area contributed by atoms with Crippen LogP contribution in [-0.4, -0.2) is 110 Å². The zero-order valence-corrected chi connectivity index (χ0v) is 35.1. The number of hydrogen-bond donors (Lipinski definition) is 2. The van der Waals surface area contributed by atoms with Gasteiger partial charge in [-0.2, -0.15) is 0 Å². The third-order valence-electron chi connectivity index (χ3n) is 15.3. The van der Waals surface area contributed by atoms with Crippen molar-refractivity contribution in [3.05, 3.63) is 118 Å². The Morgan fingerprint density at radius 3 is 2.43 bits per heavy atom. The topological polar surface area (TPSA) is 109 Å². The number of imide groups is 1. The maximum Gasteiger partial charge on any atom is 0.255 e. The molecule has 11 nitrogen and oxygen atoms in total. The molecule has 0 aromatic heterocycles. The first-order chi connectivity index (χ1) is 29.7. The van der Waals surface area contributed by atoms with Gasteiger partial charge >= 0.3 is 0 Å². The number of carbonyl (C=O) groups is 3. The number of nitrogens with one attached hydrogen (secondary N) is 1. The van der Waals surface area contributed by atoms with Gasteiger partial charge in [0.1, 0.15) is 11.8 Å². The molecule has 4 saturated heterocycles. The Morgan fingerprint density at radius 1 is 0.803 bits per heavy atom. The second-order valence-corrected chi connectivity index (χ2v) is 18.9. The summed E-state index contributed by atoms with van der Waals surface area (Å²) in [7, 11) is 2.12. The number of ether oxygens (including phenoxy) is 1. The highest BCUT2D eigenvalue weighted by atomic mass is 16.5. The number of piperazine rings is 1. The summed E-state index contributed by atoms with van der Waals surface area (Å²) < 4.78 is 6.74. The average Bonchev–Trinajstić information content (AvgIpc) is 3.81. The highest BCUT2D eigenvalue weighted by molar-refractivity contribution is 6.06. The Balaban J connectivity index is 0.707. The van der Waals surface area contributed by atoms with Gasteiger partial charge in [0, 0.05) is 83.0 Å². The van der Waals surface area contributed by atoms with E-state index in [1.54, 1.807) is 4.90 Å². The number of nitrogens with zero attached hydrogens (tertiary/aromatic N) is 5. The van der Waals surface area contributed by atoms with E-state index in [1.165, 1.54) is 33.6 Å². The fourth-order valence-electron chi connectivity index (χ4n) is 12.2. The predicted molar refractivity (Wildman–Crippen MR) is 235 cm³/mol. The van der Waals surface area contributed by atoms with E-state index in [0.717, 1.165) is 95.8 Å². The Morgan fingerprint density at radius 2 is 1.62 bits per heavy atom. The molecule has 11 rings (SSSR count). The molecule has 11 heteroatoms. The van der Waals surface area contributed by atoms with Crippen LogP contribution in [0.1, 0.15) is 88.5 Å². The smallest absolute Gasteiger partial charge is 0.255 e. The number of hydrogen-bond acceptors (Lipinski definition) is 9. The number of phenols is 1. The van der Waals surface area contributed by atoms with Gasteiger partial charge in [0.25, 0.3) is 5.91 Å². The van der Waals surface area contributed by atoms with Crippen molar-refractivity contribution in [2.45, 2.75) is 81.0 Å². The number of likely N-dealkylation sites (N-methyl/N-ethyl adjacent to an activating group) is 1. The third kappa shape index (κ3) is 6.94. The molecule has 3 amide bonds. The minimum atomic E-state index is -0.606. The van der Waals surface area contributed by atoms with Gasteiger partial charge in [-0.25, -0.2) is 0 Å². The van der Waals surface area contributed by atoms with Crippen LogP contribution in [0, 0.1) is 5.92 Å². The third-order valence-corrected chi connectivity index (χ3v) is 15.3. The first kappa shape index (κ1) is 38.5. The van der Waals surface area contributed by atoms with E-state index in [2.05, 4.69) is 98.7 Å². The van der Waals surface area contributed by atoms with Crippen LogP contribution in [0.5, 0.6) is 5.75 Å². The summed E-state index contributed by atoms with van der Waals surface area (Å²) >= 11 is 0. The van der Waals surface area contributed by atoms with Gasteiger partial charge in [-0.05, 0) is 115 Å². The van der Waals surface area contributed by atoms with Crippen LogP contribution in [0.15, 0.2) is 84.9 Å². The lowest BCUT2D eigenvalue weighted by molar-refractivity contribution is -0.136. The summed E-state index contributed by atoms with van der Waals surface area (Å²) in [6.07, 6.45) is 5.88. The van der Waals surface area contributed by atoms with Crippen LogP contribution >= 0.6 is 0 Å². The molecule has 2 unspecified atom stereocenters. The molecule has 6 heterocycles. The molecule has 0 radical (unpaired) electrons. The quantitative estimate of drug-likeness (QED) is 0.226. The van der Waals surface area contributed by atoms with Crippen molar-refractivity contribution >= 4 is 34.8 Å². The van der Waals surface area contributed by atoms with Crippen LogP contribution in [0.25, 0.3) is 0 Å². The van der Waals surface area contributed by atoms with E-state index in [1.807, 2.05) is 18.2 Å². The molecule has 1 spiro atoms. The highest BCUT2D eigenvalue weighted by Crippen LogP contribution is 2.48. The minimum Gasteiger partial charge on any atom is -0.508 e. The Hall–Kier alpha value is -5.39. The molecule has 1 aliphatic carbocycles. The largest absolute Gasteiger partial charge is 0.508 e. The van der Waals surface area contributed by atoms with E-state index >= 15 is 0 Å². The van der Waals surface area contributed by atoms with Gasteiger partial charge < -0.3 is 29.4 Å². The van der Waals surface area contributed by atoms with Crippen LogP contribution in [-0.2, 0) is 27.3 Å². The van der Waals surface area contributed by atoms with Gasteiger partial charge in [-0.3, -0.25) is 24.6 Å². The van der Waals surface area contributed by atoms with Crippen molar-refractivity contribution < 1.29 is 24.2 Å². The van der Waals surface area contributed by atoms with Gasteiger partial charge in [0.2, 0.25) is 11.8 Å². The number of aromatic hydroxyl groups is 1. The number of fused-ring (bicyclic) bond motifs is 5. The fourth-order valence-corrected chi connectivity index (χ4v) is 12.2. The van der Waals surface area contributed by atoms with Gasteiger partial charge in [0.05, 0.1) is 29.6 Å². The van der Waals surface area contributed by atoms with Crippen molar-refractivity contribution in [3.8, 4) is 5.75 Å². The molecule has 4 aromatic rings. The normalized spacial score (nSPS) is 27.2. The van der Waals surface area contributed by atoms with Crippen LogP contribution in [0.2, 0.25) is 0 Å². The number of piperidine rings is 2. The van der Waals surface area contributed by atoms with Gasteiger partial charge in [0.15, 0.2) is 0 Å². The van der Waals surface area contributed by atoms with E-state index in [-0.39, 0.29) is 35.7 Å². The Bertz CT molecular complexity index is 2360. The fraction of sp³-hybridized carbons (Fsp3) is 0.460. The molecule has 4 fully saturated rings. The molecule has 2 N–H and O–H groups in total. The molecule has 6 aliphatic heterocycles. The lowest BCUT2D eigenvalue weighted by Gasteiger charge is -2.49. The van der Waals surface area contributed by atoms with Crippen molar-refractivity contribution in [3.63, 3.8) is 0 Å². The number of phenolic OH excluding ortho intramolecular Hbond substituents is 1. The Kier molecular flexibility index (Phi) is 9.60. The summed E-state index contributed by atoms with van der Waals surface area (Å²) in [5, 5.41) is 12.7. The second kappa shape index (κ2) is 15.2. The lowest BCUT2D eigenvalue weighted by atomic mass is 9.69. The Labute approximate surface area is 358 Å². The van der Waals surface area contributed by atoms with Gasteiger partial charge in [-0.15, -0.1) is 0 Å². The second-order valence-electron chi connectivity index (χ2n) is 18.9. The number of rotatable bonds is 6. The molecular weight excluding hydrogens is 765 g/mol. The van der Waals surface area contributed by atoms with Crippen LogP contribution in [0.3, 0.4) is 0 Å². The van der Waals surface area contributed by atoms with Crippen molar-refractivity contribution in [2.24, 2.45) is 5.92 Å². The molecule has 0 bridgehead atoms. The van der Waals surface area contributed by atoms with E-state index in [4.69, 9.17) is 4.74 Å². The van der Waals surface area contributed by atoms with E-state index in [9.17, 15) is 19.5 Å². The zero-order valence-electron chi connectivity index (χ0n) is 35.1. The maximum absolute atomic E-state index is 13.6. The van der Waals surface area contributed by atoms with Crippen molar-refractivity contribution in [1.82, 2.24) is 15.1 Å². The van der Waals surface area contributed by atoms with E-state index in [0.29, 0.717) is 42.2 Å². The first-order valence-electron chi connectivity index (χ1n) is 22.6. The summed E-state index contributed by atoms with van der Waals surface area (Å²) in [6, 6.07) is 30.2. The lowest BCUT2D eigenvalue weighted by Crippen LogP contribution is -2.60. The molecular formula is C50H56N6O5. The van der Waals surface area contributed by atoms with Crippen molar-refractivity contribution in [2.75, 3.05) is 74.2 Å². The summed E-state index contributed by atoms with van der Waals surface area (Å²) in [5.41, 5.74) is 10.4. The van der Waals surface area contributed by atoms with Crippen LogP contribution < -0.4 is 20.0 Å². The molecule has 7 aliphatic rings. The number of benzene rings is 4. The summed E-state index contributed by atoms with van der Waals surface area (Å²) in [5.74, 6) is 0.759. The predicted octanol–water partition coefficient (Wildman–Crippen LogP) is 6.03. The molecule has 0 saturated carbocycles. The number of aryl methyl sites for hydroxylation is 1. The molecule has 61 heavy (non-hydrogen) atoms. The SMILES string of the molecule is CN1C[C@@H]2CN(CC3COC4(CCN(c5ccc([C@@H]6c7ccc(O)cc7CC[C@@H]6c6ccccc6)cc5)CC4)C3)CCN2c2cc3c(cc21)C(=O)N(C1CCC(=O)NC1=O)C3. The highest BCUT2D eigenvalue weighted by Gasteiger charge is 2.45. The molecule has 316 valence electrons. The van der Waals surface area contributed by atoms with Gasteiger partial charge in [-0.1, -0.05) is 48.5 Å². The monoisotopic (exact) mass is 820 g/mol. The molecule has 5 atom stereocenters. The molecule has 4 aromatic carbocycles. The standard InChI is InChI=1S/C50H56N6O5/c1-52-29-38-30-53(21-22-55(38)45-24-36-28-56(49(60)42(36)25-44(45)52)43-15-16-46(58)51-48(43)59)27-32-26-50(61-31-32)17-19-54(20-18-50)37-10-7-34(8-11-37)47-40(33-5-3-2-4-6-33)13-9-35-23-39(57)12-14-41(35)47/h2-8,10-12,14,23-25,32,38,40,43,47,57H,9,13,15-22,26-31H2,1H3,(H,51,58,59)/t32?,38-,40-,43?,47+/m1/s1. The minimum absolute atomic E-state index is 0.0350. The summed E-state index contributed by atoms with van der Waals surface area (Å²) in [6.45, 7) is 8.09. The van der Waals surface area contributed by atoms with Crippen LogP contribution in [0.4, 0.5) is 17.1 Å². The van der Waals surface area contributed by atoms with E-state index < -0.39 is 6.04 Å². The number of carbonyl (C=O) groups excluding carboxylic acids is 3. The first-order valence-corrected chi connectivity index (χ1v) is 22.6. The summed E-state index contributed by atoms with van der Waals surface area (Å²) in [4.78, 5) is 49.7. The number of anilines is 3. The maximum atomic E-state index is 13.6. The zero-order chi connectivity index (χ0) is 41.4. The van der Waals surface area contributed by atoms with Crippen molar-refractivity contribution in [1.29, 1.82) is 0 Å². The number of amides is 3. The average molecular weight is 821 g/mol.